The molecule has 2 aromatic heterocycles. The van der Waals surface area contributed by atoms with E-state index in [2.05, 4.69) is 86.9 Å². The lowest BCUT2D eigenvalue weighted by molar-refractivity contribution is -0.136. The van der Waals surface area contributed by atoms with Crippen LogP contribution in [-0.4, -0.2) is 93.1 Å². The number of benzene rings is 3. The van der Waals surface area contributed by atoms with Crippen LogP contribution in [0, 0.1) is 17.3 Å². The molecule has 4 amide bonds. The molecular formula is C48H54N8O6. The number of alkyl carbamates (subject to hydrolysis) is 2. The molecule has 0 radical (unpaired) electrons. The predicted molar refractivity (Wildman–Crippen MR) is 233 cm³/mol. The van der Waals surface area contributed by atoms with E-state index in [1.807, 2.05) is 29.8 Å². The van der Waals surface area contributed by atoms with E-state index in [1.165, 1.54) is 36.5 Å². The molecule has 4 N–H and O–H groups in total. The average molecular weight is 839 g/mol. The van der Waals surface area contributed by atoms with Crippen molar-refractivity contribution < 1.29 is 28.7 Å². The number of nitrogens with one attached hydrogen (secondary N) is 4. The third-order valence-electron chi connectivity index (χ3n) is 14.3. The molecule has 3 saturated carbocycles. The summed E-state index contributed by atoms with van der Waals surface area (Å²) in [4.78, 5) is 71.8. The van der Waals surface area contributed by atoms with Crippen molar-refractivity contribution in [2.45, 2.75) is 95.8 Å². The summed E-state index contributed by atoms with van der Waals surface area (Å²) in [5.74, 6) is 1.44. The minimum absolute atomic E-state index is 0.0350. The van der Waals surface area contributed by atoms with Gasteiger partial charge in [-0.15, -0.1) is 0 Å². The zero-order valence-corrected chi connectivity index (χ0v) is 36.0. The second-order valence-corrected chi connectivity index (χ2v) is 18.9. The van der Waals surface area contributed by atoms with Gasteiger partial charge in [0.1, 0.15) is 24.2 Å². The first-order valence-corrected chi connectivity index (χ1v) is 22.0. The smallest absolute Gasteiger partial charge is 0.407 e. The molecule has 62 heavy (non-hydrogen) atoms. The van der Waals surface area contributed by atoms with Crippen LogP contribution in [0.4, 0.5) is 9.59 Å². The fraction of sp³-hybridized carbons (Fsp3) is 0.458. The van der Waals surface area contributed by atoms with Crippen molar-refractivity contribution in [3.8, 4) is 33.5 Å². The van der Waals surface area contributed by atoms with Gasteiger partial charge in [-0.25, -0.2) is 19.6 Å². The zero-order chi connectivity index (χ0) is 43.1. The predicted octanol–water partition coefficient (Wildman–Crippen LogP) is 7.60. The first kappa shape index (κ1) is 39.9. The molecule has 1 unspecified atom stereocenters. The minimum Gasteiger partial charge on any atom is -0.453 e. The van der Waals surface area contributed by atoms with Crippen molar-refractivity contribution in [3.05, 3.63) is 83.6 Å². The molecule has 1 spiro atoms. The van der Waals surface area contributed by atoms with Crippen molar-refractivity contribution in [2.24, 2.45) is 17.3 Å². The standard InChI is InChI=1S/C48H54N8O6/c1-26(2)41(54-46(60)62-5)44(58)55(25-47(3)14-15-47)24-39-49-22-38(51-39)29-8-12-33-32-11-7-27(19-34(32)48(16-17-48)35(33)20-29)28-9-13-36-37(21-28)53-43(52-36)42-30-6-10-31(18-30)56(42)40(57)23-50-45(59)61-4/h7-9,11-13,19-22,26,30-31,41-42H,6,10,14-18,23-25H2,1-5H3,(H,49,51)(H,50,59)(H,52,53)(H,54,60)/t30-,31+,41?,42-/m0/s1. The monoisotopic (exact) mass is 838 g/mol. The number of rotatable bonds is 12. The number of aromatic amines is 2. The number of fused-ring (bicyclic) bond motifs is 8. The van der Waals surface area contributed by atoms with Gasteiger partial charge in [0.15, 0.2) is 0 Å². The van der Waals surface area contributed by atoms with E-state index < -0.39 is 18.2 Å². The third-order valence-corrected chi connectivity index (χ3v) is 14.3. The van der Waals surface area contributed by atoms with E-state index in [0.717, 1.165) is 84.2 Å². The number of nitrogens with zero attached hydrogens (tertiary/aromatic N) is 4. The number of hydrogen-bond acceptors (Lipinski definition) is 8. The minimum atomic E-state index is -0.708. The van der Waals surface area contributed by atoms with Crippen LogP contribution in [0.15, 0.2) is 60.8 Å². The highest BCUT2D eigenvalue weighted by atomic mass is 16.5. The summed E-state index contributed by atoms with van der Waals surface area (Å²) in [6, 6.07) is 19.2. The Labute approximate surface area is 360 Å². The molecule has 3 heterocycles. The van der Waals surface area contributed by atoms with Gasteiger partial charge in [0.25, 0.3) is 0 Å². The van der Waals surface area contributed by atoms with Gasteiger partial charge in [-0.2, -0.15) is 0 Å². The van der Waals surface area contributed by atoms with E-state index in [0.29, 0.717) is 24.8 Å². The molecule has 322 valence electrons. The van der Waals surface area contributed by atoms with E-state index in [-0.39, 0.29) is 47.2 Å². The van der Waals surface area contributed by atoms with Crippen LogP contribution in [0.1, 0.15) is 94.5 Å². The van der Waals surface area contributed by atoms with Crippen molar-refractivity contribution in [1.82, 2.24) is 40.4 Å². The second-order valence-electron chi connectivity index (χ2n) is 18.9. The number of amides is 4. The Balaban J connectivity index is 0.880. The van der Waals surface area contributed by atoms with Gasteiger partial charge in [-0.3, -0.25) is 9.59 Å². The lowest BCUT2D eigenvalue weighted by atomic mass is 9.90. The van der Waals surface area contributed by atoms with Crippen molar-refractivity contribution in [1.29, 1.82) is 0 Å². The number of aromatic nitrogens is 4. The summed E-state index contributed by atoms with van der Waals surface area (Å²) < 4.78 is 9.52. The van der Waals surface area contributed by atoms with E-state index in [1.54, 1.807) is 0 Å². The first-order valence-electron chi connectivity index (χ1n) is 22.0. The summed E-state index contributed by atoms with van der Waals surface area (Å²) in [5.41, 5.74) is 11.2. The van der Waals surface area contributed by atoms with Gasteiger partial charge in [0, 0.05) is 18.0 Å². The highest BCUT2D eigenvalue weighted by Crippen LogP contribution is 2.63. The van der Waals surface area contributed by atoms with Crippen LogP contribution in [0.2, 0.25) is 0 Å². The summed E-state index contributed by atoms with van der Waals surface area (Å²) in [6.45, 7) is 6.84. The molecule has 3 aromatic carbocycles. The van der Waals surface area contributed by atoms with Gasteiger partial charge in [0.05, 0.1) is 49.7 Å². The Hall–Kier alpha value is -6.18. The van der Waals surface area contributed by atoms with Crippen LogP contribution >= 0.6 is 0 Å². The number of ether oxygens (including phenoxy) is 2. The van der Waals surface area contributed by atoms with Gasteiger partial charge >= 0.3 is 12.2 Å². The molecule has 10 rings (SSSR count). The molecule has 4 atom stereocenters. The van der Waals surface area contributed by atoms with Crippen LogP contribution in [0.5, 0.6) is 0 Å². The molecule has 4 fully saturated rings. The van der Waals surface area contributed by atoms with Gasteiger partial charge < -0.3 is 39.9 Å². The van der Waals surface area contributed by atoms with Crippen molar-refractivity contribution >= 4 is 35.0 Å². The SMILES string of the molecule is COC(=O)NCC(=O)N1[C@@H]2CC[C@@H](C2)[C@H]1c1nc2ccc(-c3ccc4c(c3)C3(CC3)c3cc(-c5cnc(CN(CC6(C)CC6)C(=O)C(NC(=O)OC)C(C)C)[nH]5)ccc3-4)cc2[nH]1. The van der Waals surface area contributed by atoms with E-state index >= 15 is 0 Å². The normalized spacial score (nSPS) is 21.1. The fourth-order valence-corrected chi connectivity index (χ4v) is 10.6. The van der Waals surface area contributed by atoms with Crippen LogP contribution in [0.3, 0.4) is 0 Å². The average Bonchev–Trinajstić information content (AvgIpc) is 3.81. The maximum absolute atomic E-state index is 13.9. The van der Waals surface area contributed by atoms with Gasteiger partial charge in [-0.05, 0) is 125 Å². The highest BCUT2D eigenvalue weighted by molar-refractivity contribution is 5.89. The molecule has 1 saturated heterocycles. The number of H-pyrrole nitrogens is 2. The Kier molecular flexibility index (Phi) is 9.67. The Morgan fingerprint density at radius 1 is 0.887 bits per heavy atom. The lowest BCUT2D eigenvalue weighted by Crippen LogP contribution is -2.52. The fourth-order valence-electron chi connectivity index (χ4n) is 10.6. The number of piperidine rings is 1. The Morgan fingerprint density at radius 2 is 1.58 bits per heavy atom. The number of likely N-dealkylation sites (tertiary alicyclic amines) is 1. The van der Waals surface area contributed by atoms with E-state index in [4.69, 9.17) is 14.7 Å². The van der Waals surface area contributed by atoms with Gasteiger partial charge in [0.2, 0.25) is 11.8 Å². The topological polar surface area (TPSA) is 175 Å². The molecule has 5 aliphatic rings. The maximum Gasteiger partial charge on any atom is 0.407 e. The summed E-state index contributed by atoms with van der Waals surface area (Å²) in [7, 11) is 2.60. The second kappa shape index (κ2) is 15.0. The zero-order valence-electron chi connectivity index (χ0n) is 36.0. The van der Waals surface area contributed by atoms with Crippen LogP contribution in [0.25, 0.3) is 44.5 Å². The number of hydrogen-bond donors (Lipinski definition) is 4. The van der Waals surface area contributed by atoms with Crippen LogP contribution < -0.4 is 10.6 Å². The van der Waals surface area contributed by atoms with Crippen molar-refractivity contribution in [2.75, 3.05) is 27.3 Å². The molecule has 14 nitrogen and oxygen atoms in total. The van der Waals surface area contributed by atoms with E-state index in [9.17, 15) is 19.2 Å². The largest absolute Gasteiger partial charge is 0.453 e. The Morgan fingerprint density at radius 3 is 2.27 bits per heavy atom. The number of imidazole rings is 2. The molecular weight excluding hydrogens is 785 g/mol. The molecule has 4 aliphatic carbocycles. The number of carbonyl (C=O) groups excluding carboxylic acids is 4. The summed E-state index contributed by atoms with van der Waals surface area (Å²) in [5, 5.41) is 5.30. The quantitative estimate of drug-likeness (QED) is 0.0994. The number of carbonyl (C=O) groups is 4. The third kappa shape index (κ3) is 6.97. The molecule has 2 bridgehead atoms. The van der Waals surface area contributed by atoms with Crippen molar-refractivity contribution in [3.63, 3.8) is 0 Å². The molecule has 5 aromatic rings. The maximum atomic E-state index is 13.9. The van der Waals surface area contributed by atoms with Gasteiger partial charge in [-0.1, -0.05) is 51.1 Å². The summed E-state index contributed by atoms with van der Waals surface area (Å²) >= 11 is 0. The first-order chi connectivity index (χ1) is 29.9. The Bertz CT molecular complexity index is 2620. The summed E-state index contributed by atoms with van der Waals surface area (Å²) in [6.07, 6.45) is 7.86. The molecule has 1 aliphatic heterocycles. The number of methoxy groups -OCH3 is 2. The lowest BCUT2D eigenvalue weighted by Gasteiger charge is -2.34. The van der Waals surface area contributed by atoms with Crippen LogP contribution in [-0.2, 0) is 31.0 Å². The highest BCUT2D eigenvalue weighted by Gasteiger charge is 2.53. The molecule has 14 heteroatoms.